The molecule has 0 aliphatic rings. The van der Waals surface area contributed by atoms with E-state index in [1.807, 2.05) is 0 Å². The van der Waals surface area contributed by atoms with Crippen molar-refractivity contribution in [2.24, 2.45) is 5.73 Å². The summed E-state index contributed by atoms with van der Waals surface area (Å²) in [6, 6.07) is 0. The van der Waals surface area contributed by atoms with Crippen LogP contribution in [-0.2, 0) is 14.3 Å². The van der Waals surface area contributed by atoms with Gasteiger partial charge in [0.1, 0.15) is 0 Å². The predicted molar refractivity (Wildman–Crippen MR) is 68.2 cm³/mol. The smallest absolute Gasteiger partial charge is 0.305 e. The lowest BCUT2D eigenvalue weighted by atomic mass is 10.1. The average Bonchev–Trinajstić information content (AvgIpc) is 2.33. The Hall–Kier alpha value is -1.14. The molecule has 0 rings (SSSR count). The topological polar surface area (TPSA) is 102 Å². The number of carboxylic acids is 1. The fourth-order valence-corrected chi connectivity index (χ4v) is 1.40. The Bertz CT molecular complexity index is 234. The van der Waals surface area contributed by atoms with E-state index in [2.05, 4.69) is 5.32 Å². The molecule has 0 saturated carbocycles. The highest BCUT2D eigenvalue weighted by Gasteiger charge is 2.00. The second kappa shape index (κ2) is 12.3. The third-order valence-corrected chi connectivity index (χ3v) is 2.39. The van der Waals surface area contributed by atoms with Gasteiger partial charge in [0, 0.05) is 13.0 Å². The van der Waals surface area contributed by atoms with Crippen LogP contribution in [0.1, 0.15) is 38.5 Å². The standard InChI is InChI=1S/C12H24N2O4/c13-7-4-2-1-3-5-11(15)14-8-10-18-9-6-12(16)17/h1-10,13H2,(H,14,15)(H,16,17). The monoisotopic (exact) mass is 260 g/mol. The largest absolute Gasteiger partial charge is 0.481 e. The quantitative estimate of drug-likeness (QED) is 0.444. The Kier molecular flexibility index (Phi) is 11.5. The van der Waals surface area contributed by atoms with E-state index in [1.165, 1.54) is 0 Å². The SMILES string of the molecule is NCCCCCCC(=O)NCCOCCC(=O)O. The number of carbonyl (C=O) groups excluding carboxylic acids is 1. The summed E-state index contributed by atoms with van der Waals surface area (Å²) in [7, 11) is 0. The van der Waals surface area contributed by atoms with Crippen molar-refractivity contribution in [1.29, 1.82) is 0 Å². The number of carboxylic acid groups (broad SMARTS) is 1. The summed E-state index contributed by atoms with van der Waals surface area (Å²) < 4.78 is 5.04. The third-order valence-electron chi connectivity index (χ3n) is 2.39. The van der Waals surface area contributed by atoms with Gasteiger partial charge in [0.25, 0.3) is 0 Å². The van der Waals surface area contributed by atoms with Crippen LogP contribution in [0.4, 0.5) is 0 Å². The summed E-state index contributed by atoms with van der Waals surface area (Å²) in [5.41, 5.74) is 5.36. The summed E-state index contributed by atoms with van der Waals surface area (Å²) >= 11 is 0. The number of aliphatic carboxylic acids is 1. The van der Waals surface area contributed by atoms with Crippen LogP contribution in [0.15, 0.2) is 0 Å². The Labute approximate surface area is 108 Å². The normalized spacial score (nSPS) is 10.3. The second-order valence-electron chi connectivity index (χ2n) is 4.06. The van der Waals surface area contributed by atoms with E-state index >= 15 is 0 Å². The maximum Gasteiger partial charge on any atom is 0.305 e. The van der Waals surface area contributed by atoms with Crippen LogP contribution in [0, 0.1) is 0 Å². The number of amides is 1. The molecule has 0 atom stereocenters. The molecule has 1 amide bonds. The molecule has 4 N–H and O–H groups in total. The van der Waals surface area contributed by atoms with Crippen LogP contribution in [0.25, 0.3) is 0 Å². The number of hydrogen-bond acceptors (Lipinski definition) is 4. The molecular weight excluding hydrogens is 236 g/mol. The van der Waals surface area contributed by atoms with E-state index in [0.29, 0.717) is 26.1 Å². The van der Waals surface area contributed by atoms with Gasteiger partial charge >= 0.3 is 5.97 Å². The molecule has 0 saturated heterocycles. The lowest BCUT2D eigenvalue weighted by Gasteiger charge is -2.05. The second-order valence-corrected chi connectivity index (χ2v) is 4.06. The maximum atomic E-state index is 11.3. The van der Waals surface area contributed by atoms with Gasteiger partial charge in [-0.15, -0.1) is 0 Å². The molecule has 0 heterocycles. The van der Waals surface area contributed by atoms with Crippen molar-refractivity contribution in [1.82, 2.24) is 5.32 Å². The summed E-state index contributed by atoms with van der Waals surface area (Å²) in [4.78, 5) is 21.5. The molecule has 0 radical (unpaired) electrons. The molecule has 18 heavy (non-hydrogen) atoms. The molecule has 6 heteroatoms. The first-order chi connectivity index (χ1) is 8.66. The van der Waals surface area contributed by atoms with E-state index in [9.17, 15) is 9.59 Å². The molecule has 0 unspecified atom stereocenters. The van der Waals surface area contributed by atoms with Gasteiger partial charge in [-0.1, -0.05) is 12.8 Å². The number of hydrogen-bond donors (Lipinski definition) is 3. The number of carbonyl (C=O) groups is 2. The van der Waals surface area contributed by atoms with Gasteiger partial charge in [0.15, 0.2) is 0 Å². The molecule has 0 aliphatic heterocycles. The van der Waals surface area contributed by atoms with Gasteiger partial charge in [-0.05, 0) is 19.4 Å². The lowest BCUT2D eigenvalue weighted by molar-refractivity contribution is -0.138. The van der Waals surface area contributed by atoms with Crippen LogP contribution in [0.2, 0.25) is 0 Å². The molecule has 0 fully saturated rings. The van der Waals surface area contributed by atoms with Crippen LogP contribution >= 0.6 is 0 Å². The zero-order valence-corrected chi connectivity index (χ0v) is 10.8. The van der Waals surface area contributed by atoms with Crippen molar-refractivity contribution in [2.75, 3.05) is 26.3 Å². The van der Waals surface area contributed by atoms with Crippen LogP contribution in [0.5, 0.6) is 0 Å². The first-order valence-corrected chi connectivity index (χ1v) is 6.43. The maximum absolute atomic E-state index is 11.3. The first kappa shape index (κ1) is 16.9. The molecule has 0 spiro atoms. The highest BCUT2D eigenvalue weighted by molar-refractivity contribution is 5.75. The van der Waals surface area contributed by atoms with Crippen molar-refractivity contribution < 1.29 is 19.4 Å². The summed E-state index contributed by atoms with van der Waals surface area (Å²) in [6.45, 7) is 1.68. The third kappa shape index (κ3) is 12.9. The molecule has 0 aromatic rings. The number of unbranched alkanes of at least 4 members (excludes halogenated alkanes) is 3. The van der Waals surface area contributed by atoms with E-state index in [0.717, 1.165) is 25.7 Å². The van der Waals surface area contributed by atoms with Crippen molar-refractivity contribution in [3.05, 3.63) is 0 Å². The Morgan fingerprint density at radius 3 is 2.44 bits per heavy atom. The number of nitrogens with one attached hydrogen (secondary N) is 1. The van der Waals surface area contributed by atoms with Gasteiger partial charge < -0.3 is 20.9 Å². The molecule has 0 aromatic heterocycles. The Morgan fingerprint density at radius 2 is 1.78 bits per heavy atom. The minimum atomic E-state index is -0.878. The van der Waals surface area contributed by atoms with Crippen LogP contribution in [-0.4, -0.2) is 43.3 Å². The Morgan fingerprint density at radius 1 is 1.06 bits per heavy atom. The van der Waals surface area contributed by atoms with Gasteiger partial charge in [0.05, 0.1) is 19.6 Å². The molecule has 0 aromatic carbocycles. The minimum Gasteiger partial charge on any atom is -0.481 e. The van der Waals surface area contributed by atoms with Crippen molar-refractivity contribution in [2.45, 2.75) is 38.5 Å². The molecular formula is C12H24N2O4. The summed E-state index contributed by atoms with van der Waals surface area (Å²) in [5, 5.41) is 11.1. The number of ether oxygens (including phenoxy) is 1. The summed E-state index contributed by atoms with van der Waals surface area (Å²) in [5.74, 6) is -0.860. The first-order valence-electron chi connectivity index (χ1n) is 6.43. The van der Waals surface area contributed by atoms with Crippen molar-refractivity contribution in [3.63, 3.8) is 0 Å². The fraction of sp³-hybridized carbons (Fsp3) is 0.833. The highest BCUT2D eigenvalue weighted by atomic mass is 16.5. The van der Waals surface area contributed by atoms with E-state index in [4.69, 9.17) is 15.6 Å². The average molecular weight is 260 g/mol. The number of rotatable bonds is 12. The minimum absolute atomic E-state index is 0.00487. The van der Waals surface area contributed by atoms with Crippen molar-refractivity contribution >= 4 is 11.9 Å². The van der Waals surface area contributed by atoms with E-state index < -0.39 is 5.97 Å². The molecule has 0 aliphatic carbocycles. The zero-order valence-electron chi connectivity index (χ0n) is 10.8. The van der Waals surface area contributed by atoms with Gasteiger partial charge in [-0.2, -0.15) is 0 Å². The van der Waals surface area contributed by atoms with Gasteiger partial charge in [-0.25, -0.2) is 0 Å². The molecule has 6 nitrogen and oxygen atoms in total. The van der Waals surface area contributed by atoms with Gasteiger partial charge in [-0.3, -0.25) is 9.59 Å². The van der Waals surface area contributed by atoms with Crippen LogP contribution < -0.4 is 11.1 Å². The zero-order chi connectivity index (χ0) is 13.6. The van der Waals surface area contributed by atoms with E-state index in [1.54, 1.807) is 0 Å². The lowest BCUT2D eigenvalue weighted by Crippen LogP contribution is -2.27. The van der Waals surface area contributed by atoms with Gasteiger partial charge in [0.2, 0.25) is 5.91 Å². The van der Waals surface area contributed by atoms with Crippen molar-refractivity contribution in [3.8, 4) is 0 Å². The molecule has 0 bridgehead atoms. The van der Waals surface area contributed by atoms with E-state index in [-0.39, 0.29) is 18.9 Å². The molecule has 106 valence electrons. The number of nitrogens with two attached hydrogens (primary N) is 1. The Balaban J connectivity index is 3.19. The predicted octanol–water partition coefficient (Wildman–Crippen LogP) is 0.503. The highest BCUT2D eigenvalue weighted by Crippen LogP contribution is 2.01. The fourth-order valence-electron chi connectivity index (χ4n) is 1.40. The van der Waals surface area contributed by atoms with Crippen LogP contribution in [0.3, 0.4) is 0 Å². The summed E-state index contributed by atoms with van der Waals surface area (Å²) in [6.07, 6.45) is 4.52.